The van der Waals surface area contributed by atoms with Crippen LogP contribution in [0.3, 0.4) is 0 Å². The minimum atomic E-state index is -2.97. The molecule has 6 nitrogen and oxygen atoms in total. The van der Waals surface area contributed by atoms with Gasteiger partial charge in [-0.1, -0.05) is 0 Å². The molecule has 0 spiro atoms. The maximum atomic E-state index is 13.7. The molecule has 0 saturated heterocycles. The molecule has 3 aromatic rings. The van der Waals surface area contributed by atoms with E-state index in [2.05, 4.69) is 20.4 Å². The highest BCUT2D eigenvalue weighted by Crippen LogP contribution is 2.43. The van der Waals surface area contributed by atoms with Gasteiger partial charge in [0.25, 0.3) is 5.92 Å². The summed E-state index contributed by atoms with van der Waals surface area (Å²) in [6, 6.07) is 4.32. The quantitative estimate of drug-likeness (QED) is 0.772. The van der Waals surface area contributed by atoms with Crippen molar-refractivity contribution in [2.45, 2.75) is 38.5 Å². The summed E-state index contributed by atoms with van der Waals surface area (Å²) in [5, 5.41) is 8.10. The van der Waals surface area contributed by atoms with Crippen LogP contribution in [0.1, 0.15) is 43.9 Å². The van der Waals surface area contributed by atoms with Gasteiger partial charge in [-0.15, -0.1) is 0 Å². The Balaban J connectivity index is 1.89. The number of carbonyl (C=O) groups excluding carboxylic acids is 1. The van der Waals surface area contributed by atoms with Crippen molar-refractivity contribution in [3.8, 4) is 5.82 Å². The maximum Gasteiger partial charge on any atom is 0.270 e. The summed E-state index contributed by atoms with van der Waals surface area (Å²) in [4.78, 5) is 19.8. The van der Waals surface area contributed by atoms with Gasteiger partial charge in [-0.3, -0.25) is 4.79 Å². The number of hydrogen-bond acceptors (Lipinski definition) is 4. The van der Waals surface area contributed by atoms with Crippen LogP contribution in [0.25, 0.3) is 16.7 Å². The van der Waals surface area contributed by atoms with Crippen molar-refractivity contribution in [2.75, 3.05) is 5.32 Å². The minimum Gasteiger partial charge on any atom is -0.311 e. The highest BCUT2D eigenvalue weighted by Gasteiger charge is 2.30. The number of aromatic nitrogens is 4. The van der Waals surface area contributed by atoms with E-state index in [9.17, 15) is 13.6 Å². The van der Waals surface area contributed by atoms with Gasteiger partial charge >= 0.3 is 0 Å². The number of carbonyl (C=O) groups is 1. The third-order valence-corrected chi connectivity index (χ3v) is 4.33. The number of amides is 1. The molecule has 0 radical (unpaired) electrons. The normalized spacial score (nSPS) is 14.6. The Kier molecular flexibility index (Phi) is 3.71. The van der Waals surface area contributed by atoms with Crippen molar-refractivity contribution in [2.24, 2.45) is 0 Å². The SMILES string of the molecule is CC(=O)Nc1cc2c(cn1)c(C1CC1)nn2-c1cc(C(C)(F)F)ccn1. The van der Waals surface area contributed by atoms with E-state index < -0.39 is 5.92 Å². The van der Waals surface area contributed by atoms with Crippen LogP contribution in [0, 0.1) is 0 Å². The molecular weight excluding hydrogens is 340 g/mol. The Morgan fingerprint density at radius 1 is 1.31 bits per heavy atom. The molecule has 0 atom stereocenters. The maximum absolute atomic E-state index is 13.7. The van der Waals surface area contributed by atoms with E-state index in [1.807, 2.05) is 0 Å². The molecule has 0 unspecified atom stereocenters. The van der Waals surface area contributed by atoms with Gasteiger partial charge in [-0.05, 0) is 25.0 Å². The summed E-state index contributed by atoms with van der Waals surface area (Å²) in [7, 11) is 0. The van der Waals surface area contributed by atoms with Crippen LogP contribution in [-0.2, 0) is 10.7 Å². The fourth-order valence-electron chi connectivity index (χ4n) is 2.92. The molecule has 26 heavy (non-hydrogen) atoms. The molecule has 134 valence electrons. The number of anilines is 1. The Morgan fingerprint density at radius 2 is 2.08 bits per heavy atom. The van der Waals surface area contributed by atoms with Crippen LogP contribution in [0.2, 0.25) is 0 Å². The number of nitrogens with zero attached hydrogens (tertiary/aromatic N) is 4. The highest BCUT2D eigenvalue weighted by molar-refractivity contribution is 5.91. The Morgan fingerprint density at radius 3 is 2.73 bits per heavy atom. The molecular formula is C18H17F2N5O. The number of pyridine rings is 2. The zero-order valence-corrected chi connectivity index (χ0v) is 14.3. The number of alkyl halides is 2. The van der Waals surface area contributed by atoms with Gasteiger partial charge in [0, 0.05) is 49.2 Å². The monoisotopic (exact) mass is 357 g/mol. The first-order valence-corrected chi connectivity index (χ1v) is 8.34. The molecule has 0 bridgehead atoms. The first-order chi connectivity index (χ1) is 12.3. The van der Waals surface area contributed by atoms with Crippen molar-refractivity contribution < 1.29 is 13.6 Å². The van der Waals surface area contributed by atoms with E-state index in [1.54, 1.807) is 16.9 Å². The second-order valence-corrected chi connectivity index (χ2v) is 6.63. The van der Waals surface area contributed by atoms with Gasteiger partial charge in [0.2, 0.25) is 5.91 Å². The van der Waals surface area contributed by atoms with Crippen LogP contribution < -0.4 is 5.32 Å². The van der Waals surface area contributed by atoms with E-state index in [0.29, 0.717) is 23.1 Å². The lowest BCUT2D eigenvalue weighted by atomic mass is 10.1. The number of rotatable bonds is 4. The van der Waals surface area contributed by atoms with Gasteiger partial charge in [0.05, 0.1) is 11.2 Å². The van der Waals surface area contributed by atoms with E-state index in [0.717, 1.165) is 30.8 Å². The molecule has 1 aliphatic carbocycles. The Bertz CT molecular complexity index is 1000. The average Bonchev–Trinajstić information content (AvgIpc) is 3.35. The lowest BCUT2D eigenvalue weighted by Gasteiger charge is -2.11. The largest absolute Gasteiger partial charge is 0.311 e. The molecule has 1 fully saturated rings. The number of hydrogen-bond donors (Lipinski definition) is 1. The van der Waals surface area contributed by atoms with Crippen molar-refractivity contribution in [3.63, 3.8) is 0 Å². The highest BCUT2D eigenvalue weighted by atomic mass is 19.3. The second-order valence-electron chi connectivity index (χ2n) is 6.63. The summed E-state index contributed by atoms with van der Waals surface area (Å²) < 4.78 is 28.9. The van der Waals surface area contributed by atoms with E-state index in [1.165, 1.54) is 25.3 Å². The van der Waals surface area contributed by atoms with Crippen LogP contribution in [0.5, 0.6) is 0 Å². The predicted octanol–water partition coefficient (Wildman–Crippen LogP) is 3.76. The Hall–Kier alpha value is -2.90. The summed E-state index contributed by atoms with van der Waals surface area (Å²) in [6.45, 7) is 2.24. The predicted molar refractivity (Wildman–Crippen MR) is 92.5 cm³/mol. The van der Waals surface area contributed by atoms with Crippen molar-refractivity contribution >= 4 is 22.6 Å². The van der Waals surface area contributed by atoms with Gasteiger partial charge in [0.1, 0.15) is 5.82 Å². The molecule has 1 saturated carbocycles. The van der Waals surface area contributed by atoms with Crippen molar-refractivity contribution in [1.29, 1.82) is 0 Å². The molecule has 0 aromatic carbocycles. The summed E-state index contributed by atoms with van der Waals surface area (Å²) in [5.74, 6) is -2.17. The topological polar surface area (TPSA) is 72.7 Å². The number of halogens is 2. The zero-order chi connectivity index (χ0) is 18.5. The van der Waals surface area contributed by atoms with E-state index in [-0.39, 0.29) is 11.5 Å². The Labute approximate surface area is 148 Å². The van der Waals surface area contributed by atoms with Crippen LogP contribution >= 0.6 is 0 Å². The molecule has 3 aromatic heterocycles. The standard InChI is InChI=1S/C18H17F2N5O/c1-10(26)23-15-8-14-13(9-22-15)17(11-3-4-11)24-25(14)16-7-12(5-6-21-16)18(2,19)20/h5-9,11H,3-4H2,1-2H3,(H,22,23,26). The van der Waals surface area contributed by atoms with Gasteiger partial charge < -0.3 is 5.32 Å². The summed E-state index contributed by atoms with van der Waals surface area (Å²) in [6.07, 6.45) is 5.10. The number of nitrogens with one attached hydrogen (secondary N) is 1. The van der Waals surface area contributed by atoms with Crippen LogP contribution in [0.15, 0.2) is 30.6 Å². The van der Waals surface area contributed by atoms with E-state index >= 15 is 0 Å². The first kappa shape index (κ1) is 16.6. The molecule has 4 rings (SSSR count). The molecule has 3 heterocycles. The fraction of sp³-hybridized carbons (Fsp3) is 0.333. The molecule has 1 N–H and O–H groups in total. The fourth-order valence-corrected chi connectivity index (χ4v) is 2.92. The zero-order valence-electron chi connectivity index (χ0n) is 14.3. The van der Waals surface area contributed by atoms with Crippen molar-refractivity contribution in [1.82, 2.24) is 19.7 Å². The third kappa shape index (κ3) is 3.02. The van der Waals surface area contributed by atoms with Crippen LogP contribution in [0.4, 0.5) is 14.6 Å². The smallest absolute Gasteiger partial charge is 0.270 e. The van der Waals surface area contributed by atoms with Gasteiger partial charge in [0.15, 0.2) is 5.82 Å². The average molecular weight is 357 g/mol. The molecule has 8 heteroatoms. The minimum absolute atomic E-state index is 0.129. The van der Waals surface area contributed by atoms with Gasteiger partial charge in [-0.25, -0.2) is 23.4 Å². The second kappa shape index (κ2) is 5.82. The van der Waals surface area contributed by atoms with Crippen molar-refractivity contribution in [3.05, 3.63) is 41.9 Å². The van der Waals surface area contributed by atoms with Crippen LogP contribution in [-0.4, -0.2) is 25.7 Å². The summed E-state index contributed by atoms with van der Waals surface area (Å²) in [5.41, 5.74) is 1.43. The van der Waals surface area contributed by atoms with E-state index in [4.69, 9.17) is 0 Å². The lowest BCUT2D eigenvalue weighted by molar-refractivity contribution is -0.114. The summed E-state index contributed by atoms with van der Waals surface area (Å²) >= 11 is 0. The number of fused-ring (bicyclic) bond motifs is 1. The van der Waals surface area contributed by atoms with Gasteiger partial charge in [-0.2, -0.15) is 5.10 Å². The third-order valence-electron chi connectivity index (χ3n) is 4.33. The molecule has 1 amide bonds. The lowest BCUT2D eigenvalue weighted by Crippen LogP contribution is -2.10. The first-order valence-electron chi connectivity index (χ1n) is 8.34. The molecule has 0 aliphatic heterocycles. The molecule has 1 aliphatic rings.